The molecule has 0 spiro atoms. The number of phenols is 1. The van der Waals surface area contributed by atoms with Crippen molar-refractivity contribution in [3.05, 3.63) is 41.3 Å². The summed E-state index contributed by atoms with van der Waals surface area (Å²) in [6, 6.07) is 5.39. The Kier molecular flexibility index (Phi) is 3.16. The number of rotatable bonds is 2. The number of anilines is 1. The van der Waals surface area contributed by atoms with E-state index in [1.807, 2.05) is 6.07 Å². The number of phenolic OH excluding ortho intramolecular Hbond substituents is 1. The van der Waals surface area contributed by atoms with Crippen molar-refractivity contribution in [2.45, 2.75) is 0 Å². The summed E-state index contributed by atoms with van der Waals surface area (Å²) < 4.78 is 14.8. The van der Waals surface area contributed by atoms with Gasteiger partial charge in [-0.15, -0.1) is 0 Å². The van der Waals surface area contributed by atoms with Crippen molar-refractivity contribution in [2.75, 3.05) is 5.32 Å². The van der Waals surface area contributed by atoms with Gasteiger partial charge in [0.1, 0.15) is 34.6 Å². The fourth-order valence-corrected chi connectivity index (χ4v) is 1.58. The van der Waals surface area contributed by atoms with Gasteiger partial charge < -0.3 is 10.4 Å². The topological polar surface area (TPSA) is 90.9 Å². The summed E-state index contributed by atoms with van der Waals surface area (Å²) >= 11 is 0. The Balaban J connectivity index is 2.37. The highest BCUT2D eigenvalue weighted by Crippen LogP contribution is 2.22. The maximum atomic E-state index is 13.5. The predicted molar refractivity (Wildman–Crippen MR) is 63.9 cm³/mol. The van der Waals surface area contributed by atoms with Crippen LogP contribution in [0.3, 0.4) is 0 Å². The molecule has 2 N–H and O–H groups in total. The average molecular weight is 260 g/mol. The first kappa shape index (κ1) is 12.6. The zero-order valence-corrected chi connectivity index (χ0v) is 9.88. The van der Waals surface area contributed by atoms with Gasteiger partial charge in [-0.2, -0.15) is 10.4 Å². The summed E-state index contributed by atoms with van der Waals surface area (Å²) in [7, 11) is 1.53. The minimum Gasteiger partial charge on any atom is -0.507 e. The van der Waals surface area contributed by atoms with E-state index in [0.29, 0.717) is 0 Å². The molecule has 0 aliphatic carbocycles. The summed E-state index contributed by atoms with van der Waals surface area (Å²) in [4.78, 5) is 11.9. The largest absolute Gasteiger partial charge is 0.507 e. The van der Waals surface area contributed by atoms with E-state index >= 15 is 0 Å². The quantitative estimate of drug-likeness (QED) is 0.853. The number of nitrogens with one attached hydrogen (secondary N) is 1. The van der Waals surface area contributed by atoms with Crippen LogP contribution < -0.4 is 5.32 Å². The lowest BCUT2D eigenvalue weighted by atomic mass is 10.1. The van der Waals surface area contributed by atoms with E-state index in [9.17, 15) is 14.3 Å². The molecule has 2 aromatic rings. The van der Waals surface area contributed by atoms with E-state index in [2.05, 4.69) is 10.4 Å². The number of hydrogen-bond donors (Lipinski definition) is 2. The lowest BCUT2D eigenvalue weighted by molar-refractivity contribution is 0.101. The van der Waals surface area contributed by atoms with Crippen molar-refractivity contribution in [2.24, 2.45) is 7.05 Å². The van der Waals surface area contributed by atoms with Gasteiger partial charge in [0, 0.05) is 7.05 Å². The molecule has 0 radical (unpaired) electrons. The number of aromatic nitrogens is 2. The molecule has 0 atom stereocenters. The Bertz CT molecular complexity index is 667. The second-order valence-corrected chi connectivity index (χ2v) is 3.73. The summed E-state index contributed by atoms with van der Waals surface area (Å²) in [6.07, 6.45) is 1.27. The number of halogens is 1. The van der Waals surface area contributed by atoms with Gasteiger partial charge in [-0.1, -0.05) is 6.07 Å². The molecule has 1 aromatic carbocycles. The fraction of sp³-hybridized carbons (Fsp3) is 0.0833. The van der Waals surface area contributed by atoms with Crippen LogP contribution in [0.4, 0.5) is 10.2 Å². The SMILES string of the molecule is Cn1ncc(C#N)c1NC(=O)c1c(O)cccc1F. The molecule has 1 heterocycles. The van der Waals surface area contributed by atoms with Gasteiger partial charge in [0.2, 0.25) is 0 Å². The maximum absolute atomic E-state index is 13.5. The Morgan fingerprint density at radius 3 is 2.95 bits per heavy atom. The lowest BCUT2D eigenvalue weighted by Crippen LogP contribution is -2.17. The average Bonchev–Trinajstić information content (AvgIpc) is 2.70. The number of amides is 1. The van der Waals surface area contributed by atoms with E-state index < -0.39 is 23.0 Å². The van der Waals surface area contributed by atoms with Gasteiger partial charge in [-0.05, 0) is 12.1 Å². The van der Waals surface area contributed by atoms with Gasteiger partial charge in [-0.3, -0.25) is 9.48 Å². The van der Waals surface area contributed by atoms with Gasteiger partial charge in [-0.25, -0.2) is 4.39 Å². The van der Waals surface area contributed by atoms with Crippen LogP contribution in [-0.4, -0.2) is 20.8 Å². The number of aromatic hydroxyl groups is 1. The highest BCUT2D eigenvalue weighted by atomic mass is 19.1. The van der Waals surface area contributed by atoms with E-state index in [-0.39, 0.29) is 11.4 Å². The number of nitriles is 1. The number of carbonyl (C=O) groups excluding carboxylic acids is 1. The monoisotopic (exact) mass is 260 g/mol. The first-order valence-electron chi connectivity index (χ1n) is 5.25. The van der Waals surface area contributed by atoms with E-state index in [1.165, 1.54) is 30.1 Å². The molecule has 6 nitrogen and oxygen atoms in total. The van der Waals surface area contributed by atoms with Crippen molar-refractivity contribution >= 4 is 11.7 Å². The van der Waals surface area contributed by atoms with Gasteiger partial charge in [0.25, 0.3) is 5.91 Å². The van der Waals surface area contributed by atoms with Crippen LogP contribution in [0.1, 0.15) is 15.9 Å². The van der Waals surface area contributed by atoms with Gasteiger partial charge in [0.05, 0.1) is 6.20 Å². The van der Waals surface area contributed by atoms with Crippen LogP contribution in [0.25, 0.3) is 0 Å². The van der Waals surface area contributed by atoms with Crippen LogP contribution in [0.2, 0.25) is 0 Å². The number of nitrogens with zero attached hydrogens (tertiary/aromatic N) is 3. The van der Waals surface area contributed by atoms with Gasteiger partial charge in [0.15, 0.2) is 0 Å². The molecular formula is C12H9FN4O2. The summed E-state index contributed by atoms with van der Waals surface area (Å²) in [5.41, 5.74) is -0.334. The number of carbonyl (C=O) groups is 1. The molecule has 0 bridgehead atoms. The molecule has 0 aliphatic rings. The van der Waals surface area contributed by atoms with Crippen molar-refractivity contribution < 1.29 is 14.3 Å². The third-order valence-corrected chi connectivity index (χ3v) is 2.51. The first-order valence-corrected chi connectivity index (χ1v) is 5.25. The van der Waals surface area contributed by atoms with Crippen LogP contribution in [0, 0.1) is 17.1 Å². The molecule has 0 unspecified atom stereocenters. The van der Waals surface area contributed by atoms with Crippen molar-refractivity contribution in [3.8, 4) is 11.8 Å². The number of benzene rings is 1. The fourth-order valence-electron chi connectivity index (χ4n) is 1.58. The standard InChI is InChI=1S/C12H9FN4O2/c1-17-11(7(5-14)6-15-17)16-12(19)10-8(13)3-2-4-9(10)18/h2-4,6,18H,1H3,(H,16,19). The molecule has 0 aliphatic heterocycles. The second kappa shape index (κ2) is 4.78. The minimum absolute atomic E-state index is 0.134. The van der Waals surface area contributed by atoms with Crippen LogP contribution in [0.5, 0.6) is 5.75 Å². The zero-order valence-electron chi connectivity index (χ0n) is 9.88. The van der Waals surface area contributed by atoms with Crippen LogP contribution >= 0.6 is 0 Å². The highest BCUT2D eigenvalue weighted by Gasteiger charge is 2.19. The third-order valence-electron chi connectivity index (χ3n) is 2.51. The second-order valence-electron chi connectivity index (χ2n) is 3.73. The highest BCUT2D eigenvalue weighted by molar-refractivity contribution is 6.06. The number of hydrogen-bond acceptors (Lipinski definition) is 4. The van der Waals surface area contributed by atoms with Crippen molar-refractivity contribution in [1.82, 2.24) is 9.78 Å². The smallest absolute Gasteiger partial charge is 0.263 e. The molecule has 1 aromatic heterocycles. The van der Waals surface area contributed by atoms with Gasteiger partial charge >= 0.3 is 0 Å². The summed E-state index contributed by atoms with van der Waals surface area (Å²) in [6.45, 7) is 0. The van der Waals surface area contributed by atoms with Crippen molar-refractivity contribution in [1.29, 1.82) is 5.26 Å². The molecule has 2 rings (SSSR count). The molecule has 0 saturated heterocycles. The first-order chi connectivity index (χ1) is 9.04. The maximum Gasteiger partial charge on any atom is 0.263 e. The lowest BCUT2D eigenvalue weighted by Gasteiger charge is -2.08. The van der Waals surface area contributed by atoms with Crippen LogP contribution in [0.15, 0.2) is 24.4 Å². The minimum atomic E-state index is -0.851. The summed E-state index contributed by atoms with van der Waals surface area (Å²) in [5.74, 6) is -2.04. The summed E-state index contributed by atoms with van der Waals surface area (Å²) in [5, 5.41) is 24.5. The molecule has 0 fully saturated rings. The Morgan fingerprint density at radius 1 is 1.58 bits per heavy atom. The molecule has 96 valence electrons. The molecule has 7 heteroatoms. The zero-order chi connectivity index (χ0) is 14.0. The third kappa shape index (κ3) is 2.24. The molecular weight excluding hydrogens is 251 g/mol. The molecule has 19 heavy (non-hydrogen) atoms. The normalized spacial score (nSPS) is 9.95. The Morgan fingerprint density at radius 2 is 2.32 bits per heavy atom. The van der Waals surface area contributed by atoms with Crippen LogP contribution in [-0.2, 0) is 7.05 Å². The van der Waals surface area contributed by atoms with E-state index in [1.54, 1.807) is 0 Å². The van der Waals surface area contributed by atoms with Crippen molar-refractivity contribution in [3.63, 3.8) is 0 Å². The Labute approximate surface area is 107 Å². The molecule has 1 amide bonds. The molecule has 0 saturated carbocycles. The predicted octanol–water partition coefficient (Wildman–Crippen LogP) is 1.39. The Hall–Kier alpha value is -2.88. The number of aryl methyl sites for hydroxylation is 1. The van der Waals surface area contributed by atoms with E-state index in [0.717, 1.165) is 6.07 Å². The van der Waals surface area contributed by atoms with E-state index in [4.69, 9.17) is 5.26 Å².